The summed E-state index contributed by atoms with van der Waals surface area (Å²) in [6.45, 7) is 6.75. The van der Waals surface area contributed by atoms with Gasteiger partial charge in [0.2, 0.25) is 0 Å². The maximum absolute atomic E-state index is 13.2. The number of benzene rings is 3. The molecule has 1 unspecified atom stereocenters. The summed E-state index contributed by atoms with van der Waals surface area (Å²) in [5.41, 5.74) is 7.34. The Bertz CT molecular complexity index is 1040. The van der Waals surface area contributed by atoms with Crippen molar-refractivity contribution in [1.82, 2.24) is 4.90 Å². The predicted octanol–water partition coefficient (Wildman–Crippen LogP) is 6.03. The molecule has 1 N–H and O–H groups in total. The molecular weight excluding hydrogens is 368 g/mol. The van der Waals surface area contributed by atoms with Crippen LogP contribution in [-0.2, 0) is 6.54 Å². The maximum Gasteiger partial charge on any atom is 0.256 e. The van der Waals surface area contributed by atoms with Crippen LogP contribution in [0.25, 0.3) is 0 Å². The molecule has 1 heterocycles. The lowest BCUT2D eigenvalue weighted by molar-refractivity contribution is 0.0728. The summed E-state index contributed by atoms with van der Waals surface area (Å²) < 4.78 is 0. The van der Waals surface area contributed by atoms with E-state index in [1.54, 1.807) is 0 Å². The van der Waals surface area contributed by atoms with Gasteiger partial charge in [-0.2, -0.15) is 0 Å². The molecule has 28 heavy (non-hydrogen) atoms. The van der Waals surface area contributed by atoms with Crippen LogP contribution >= 0.6 is 11.6 Å². The first-order valence-corrected chi connectivity index (χ1v) is 9.81. The van der Waals surface area contributed by atoms with E-state index in [4.69, 9.17) is 11.6 Å². The van der Waals surface area contributed by atoms with Gasteiger partial charge in [-0.3, -0.25) is 4.79 Å². The van der Waals surface area contributed by atoms with Gasteiger partial charge in [0.05, 0.1) is 0 Å². The highest BCUT2D eigenvalue weighted by Crippen LogP contribution is 2.37. The topological polar surface area (TPSA) is 32.3 Å². The summed E-state index contributed by atoms with van der Waals surface area (Å²) in [5.74, 6) is 0.0236. The normalized spacial score (nSPS) is 15.6. The fraction of sp³-hybridized carbons (Fsp3) is 0.208. The third kappa shape index (κ3) is 3.27. The molecule has 1 aliphatic heterocycles. The standard InChI is InChI=1S/C24H23ClN2O/c1-15-12-16(2)22(17(3)13-15)26-23-19-9-5-6-10-20(19)24(28)27(23)14-18-8-4-7-11-21(18)25/h4-13,23,26H,14H2,1-3H3. The van der Waals surface area contributed by atoms with Gasteiger partial charge in [0.1, 0.15) is 6.17 Å². The Morgan fingerprint density at radius 3 is 2.32 bits per heavy atom. The number of carbonyl (C=O) groups excluding carboxylic acids is 1. The number of rotatable bonds is 4. The molecule has 4 rings (SSSR count). The lowest BCUT2D eigenvalue weighted by Gasteiger charge is -2.29. The molecule has 1 amide bonds. The molecule has 1 aliphatic rings. The van der Waals surface area contributed by atoms with E-state index in [2.05, 4.69) is 38.2 Å². The Labute approximate surface area is 171 Å². The van der Waals surface area contributed by atoms with Gasteiger partial charge >= 0.3 is 0 Å². The fourth-order valence-electron chi connectivity index (χ4n) is 4.04. The highest BCUT2D eigenvalue weighted by molar-refractivity contribution is 6.31. The minimum absolute atomic E-state index is 0.0236. The number of halogens is 1. The van der Waals surface area contributed by atoms with Crippen molar-refractivity contribution in [2.75, 3.05) is 5.32 Å². The highest BCUT2D eigenvalue weighted by atomic mass is 35.5. The van der Waals surface area contributed by atoms with Crippen LogP contribution in [0.5, 0.6) is 0 Å². The van der Waals surface area contributed by atoms with E-state index in [0.29, 0.717) is 11.6 Å². The minimum Gasteiger partial charge on any atom is -0.361 e. The lowest BCUT2D eigenvalue weighted by atomic mass is 10.0. The van der Waals surface area contributed by atoms with Gasteiger partial charge in [-0.1, -0.05) is 65.7 Å². The molecular formula is C24H23ClN2O. The zero-order chi connectivity index (χ0) is 19.8. The molecule has 0 spiro atoms. The van der Waals surface area contributed by atoms with Gasteiger partial charge < -0.3 is 10.2 Å². The number of fused-ring (bicyclic) bond motifs is 1. The molecule has 0 saturated heterocycles. The van der Waals surface area contributed by atoms with E-state index in [1.165, 1.54) is 16.7 Å². The van der Waals surface area contributed by atoms with Crippen molar-refractivity contribution in [3.63, 3.8) is 0 Å². The number of carbonyl (C=O) groups is 1. The Hall–Kier alpha value is -2.78. The third-order valence-corrected chi connectivity index (χ3v) is 5.68. The predicted molar refractivity (Wildman–Crippen MR) is 115 cm³/mol. The number of aryl methyl sites for hydroxylation is 3. The van der Waals surface area contributed by atoms with E-state index < -0.39 is 0 Å². The largest absolute Gasteiger partial charge is 0.361 e. The Morgan fingerprint density at radius 1 is 0.964 bits per heavy atom. The van der Waals surface area contributed by atoms with E-state index >= 15 is 0 Å². The van der Waals surface area contributed by atoms with Crippen molar-refractivity contribution in [1.29, 1.82) is 0 Å². The van der Waals surface area contributed by atoms with Crippen LogP contribution in [-0.4, -0.2) is 10.8 Å². The summed E-state index contributed by atoms with van der Waals surface area (Å²) in [6.07, 6.45) is -0.236. The Kier molecular flexibility index (Phi) is 4.86. The van der Waals surface area contributed by atoms with Crippen LogP contribution in [0.2, 0.25) is 5.02 Å². The Balaban J connectivity index is 1.75. The van der Waals surface area contributed by atoms with Gasteiger partial charge in [0.25, 0.3) is 5.91 Å². The summed E-state index contributed by atoms with van der Waals surface area (Å²) in [5, 5.41) is 4.32. The number of nitrogens with one attached hydrogen (secondary N) is 1. The lowest BCUT2D eigenvalue weighted by Crippen LogP contribution is -2.32. The van der Waals surface area contributed by atoms with Crippen LogP contribution in [0.1, 0.15) is 44.3 Å². The summed E-state index contributed by atoms with van der Waals surface area (Å²) in [6, 6.07) is 19.8. The van der Waals surface area contributed by atoms with Gasteiger partial charge in [-0.15, -0.1) is 0 Å². The van der Waals surface area contributed by atoms with Gasteiger partial charge in [-0.05, 0) is 49.6 Å². The molecule has 4 heteroatoms. The molecule has 3 aromatic rings. The number of anilines is 1. The SMILES string of the molecule is Cc1cc(C)c(NC2c3ccccc3C(=O)N2Cc2ccccc2Cl)c(C)c1. The second kappa shape index (κ2) is 7.33. The molecule has 3 aromatic carbocycles. The maximum atomic E-state index is 13.2. The number of hydrogen-bond acceptors (Lipinski definition) is 2. The van der Waals surface area contributed by atoms with Crippen LogP contribution in [0.4, 0.5) is 5.69 Å². The summed E-state index contributed by atoms with van der Waals surface area (Å²) in [4.78, 5) is 15.0. The molecule has 0 aliphatic carbocycles. The van der Waals surface area contributed by atoms with Crippen LogP contribution < -0.4 is 5.32 Å². The number of amides is 1. The first-order valence-electron chi connectivity index (χ1n) is 9.43. The van der Waals surface area contributed by atoms with Crippen molar-refractivity contribution in [2.24, 2.45) is 0 Å². The van der Waals surface area contributed by atoms with Crippen molar-refractivity contribution < 1.29 is 4.79 Å². The fourth-order valence-corrected chi connectivity index (χ4v) is 4.24. The first kappa shape index (κ1) is 18.6. The highest BCUT2D eigenvalue weighted by Gasteiger charge is 2.37. The quantitative estimate of drug-likeness (QED) is 0.589. The van der Waals surface area contributed by atoms with Crippen LogP contribution in [0.15, 0.2) is 60.7 Å². The molecule has 3 nitrogen and oxygen atoms in total. The molecule has 0 saturated carbocycles. The summed E-state index contributed by atoms with van der Waals surface area (Å²) >= 11 is 6.38. The van der Waals surface area contributed by atoms with Gasteiger partial charge in [-0.25, -0.2) is 0 Å². The number of nitrogens with zero attached hydrogens (tertiary/aromatic N) is 1. The monoisotopic (exact) mass is 390 g/mol. The van der Waals surface area contributed by atoms with Crippen molar-refractivity contribution >= 4 is 23.2 Å². The average molecular weight is 391 g/mol. The second-order valence-electron chi connectivity index (χ2n) is 7.43. The molecule has 0 bridgehead atoms. The third-order valence-electron chi connectivity index (χ3n) is 5.31. The van der Waals surface area contributed by atoms with Crippen LogP contribution in [0.3, 0.4) is 0 Å². The summed E-state index contributed by atoms with van der Waals surface area (Å²) in [7, 11) is 0. The van der Waals surface area contributed by atoms with E-state index in [1.807, 2.05) is 53.4 Å². The van der Waals surface area contributed by atoms with Gasteiger partial charge in [0.15, 0.2) is 0 Å². The second-order valence-corrected chi connectivity index (χ2v) is 7.84. The Morgan fingerprint density at radius 2 is 1.61 bits per heavy atom. The molecule has 1 atom stereocenters. The van der Waals surface area contributed by atoms with Crippen molar-refractivity contribution in [3.05, 3.63) is 99.1 Å². The van der Waals surface area contributed by atoms with Crippen LogP contribution in [0, 0.1) is 20.8 Å². The average Bonchev–Trinajstić information content (AvgIpc) is 2.92. The zero-order valence-electron chi connectivity index (χ0n) is 16.3. The van der Waals surface area contributed by atoms with Crippen molar-refractivity contribution in [3.8, 4) is 0 Å². The minimum atomic E-state index is -0.236. The number of hydrogen-bond donors (Lipinski definition) is 1. The van der Waals surface area contributed by atoms with E-state index in [-0.39, 0.29) is 12.1 Å². The van der Waals surface area contributed by atoms with E-state index in [0.717, 1.165) is 22.4 Å². The van der Waals surface area contributed by atoms with E-state index in [9.17, 15) is 4.79 Å². The zero-order valence-corrected chi connectivity index (χ0v) is 17.0. The molecule has 142 valence electrons. The smallest absolute Gasteiger partial charge is 0.256 e. The molecule has 0 fully saturated rings. The molecule has 0 aromatic heterocycles. The van der Waals surface area contributed by atoms with Gasteiger partial charge in [0, 0.05) is 28.4 Å². The first-order chi connectivity index (χ1) is 13.5. The molecule has 0 radical (unpaired) electrons. The van der Waals surface area contributed by atoms with Crippen molar-refractivity contribution in [2.45, 2.75) is 33.5 Å².